The van der Waals surface area contributed by atoms with Gasteiger partial charge in [-0.2, -0.15) is 0 Å². The van der Waals surface area contributed by atoms with Crippen LogP contribution in [0.5, 0.6) is 0 Å². The van der Waals surface area contributed by atoms with Crippen LogP contribution in [0.4, 0.5) is 0 Å². The van der Waals surface area contributed by atoms with Crippen molar-refractivity contribution in [2.75, 3.05) is 6.54 Å². The quantitative estimate of drug-likeness (QED) is 0.709. The minimum Gasteiger partial charge on any atom is -0.358 e. The van der Waals surface area contributed by atoms with E-state index in [2.05, 4.69) is 23.8 Å². The van der Waals surface area contributed by atoms with Gasteiger partial charge < -0.3 is 10.6 Å². The molecule has 3 heteroatoms. The molecule has 16 heavy (non-hydrogen) atoms. The van der Waals surface area contributed by atoms with E-state index < -0.39 is 0 Å². The first-order valence-electron chi connectivity index (χ1n) is 5.32. The van der Waals surface area contributed by atoms with Gasteiger partial charge in [-0.05, 0) is 19.4 Å². The Bertz CT molecular complexity index is 389. The van der Waals surface area contributed by atoms with E-state index in [1.165, 1.54) is 0 Å². The van der Waals surface area contributed by atoms with Crippen molar-refractivity contribution in [2.45, 2.75) is 20.3 Å². The van der Waals surface area contributed by atoms with Crippen molar-refractivity contribution in [2.24, 2.45) is 0 Å². The maximum Gasteiger partial charge on any atom is 0.248 e. The van der Waals surface area contributed by atoms with Crippen LogP contribution in [0.2, 0.25) is 0 Å². The van der Waals surface area contributed by atoms with Gasteiger partial charge >= 0.3 is 0 Å². The highest BCUT2D eigenvalue weighted by Gasteiger charge is 2.16. The molecule has 0 unspecified atom stereocenters. The number of rotatable bonds is 4. The van der Waals surface area contributed by atoms with E-state index in [9.17, 15) is 4.79 Å². The van der Waals surface area contributed by atoms with E-state index in [0.29, 0.717) is 6.54 Å². The van der Waals surface area contributed by atoms with Crippen LogP contribution < -0.4 is 10.6 Å². The molecule has 0 spiro atoms. The molecule has 0 aliphatic carbocycles. The third-order valence-corrected chi connectivity index (χ3v) is 2.51. The third kappa shape index (κ3) is 2.86. The Kier molecular flexibility index (Phi) is 4.11. The second-order valence-electron chi connectivity index (χ2n) is 3.74. The lowest BCUT2D eigenvalue weighted by Gasteiger charge is -2.21. The Balaban J connectivity index is 2.74. The van der Waals surface area contributed by atoms with Gasteiger partial charge in [0.15, 0.2) is 0 Å². The molecule has 0 saturated heterocycles. The van der Waals surface area contributed by atoms with Crippen LogP contribution in [0, 0.1) is 0 Å². The zero-order chi connectivity index (χ0) is 12.1. The summed E-state index contributed by atoms with van der Waals surface area (Å²) in [4.78, 5) is 11.4. The maximum atomic E-state index is 11.4. The second kappa shape index (κ2) is 5.35. The third-order valence-electron chi connectivity index (χ3n) is 2.51. The standard InChI is InChI=1S/C13H18N2O/c1-5-6-9(2)11(4)15-12-7-8-14-13(16)10(12)3/h5-6,15H,2,4,7-8H2,1,3H3,(H,14,16)/b6-5-. The topological polar surface area (TPSA) is 41.1 Å². The van der Waals surface area contributed by atoms with Crippen molar-refractivity contribution in [1.82, 2.24) is 10.6 Å². The summed E-state index contributed by atoms with van der Waals surface area (Å²) in [5, 5.41) is 5.94. The molecule has 1 aliphatic rings. The van der Waals surface area contributed by atoms with Gasteiger partial charge in [0.2, 0.25) is 5.91 Å². The number of amides is 1. The molecule has 0 bridgehead atoms. The van der Waals surface area contributed by atoms with Crippen molar-refractivity contribution in [1.29, 1.82) is 0 Å². The van der Waals surface area contributed by atoms with Crippen molar-refractivity contribution >= 4 is 5.91 Å². The molecule has 1 aliphatic heterocycles. The van der Waals surface area contributed by atoms with E-state index >= 15 is 0 Å². The minimum atomic E-state index is -0.0156. The van der Waals surface area contributed by atoms with Crippen LogP contribution >= 0.6 is 0 Å². The fourth-order valence-corrected chi connectivity index (χ4v) is 1.48. The van der Waals surface area contributed by atoms with Crippen LogP contribution in [0.3, 0.4) is 0 Å². The van der Waals surface area contributed by atoms with Crippen molar-refractivity contribution in [3.63, 3.8) is 0 Å². The summed E-state index contributed by atoms with van der Waals surface area (Å²) in [6, 6.07) is 0. The number of hydrogen-bond donors (Lipinski definition) is 2. The highest BCUT2D eigenvalue weighted by atomic mass is 16.1. The summed E-state index contributed by atoms with van der Waals surface area (Å²) in [6.45, 7) is 12.2. The van der Waals surface area contributed by atoms with E-state index in [-0.39, 0.29) is 5.91 Å². The lowest BCUT2D eigenvalue weighted by molar-refractivity contribution is -0.117. The number of carbonyl (C=O) groups excluding carboxylic acids is 1. The van der Waals surface area contributed by atoms with Crippen LogP contribution in [-0.4, -0.2) is 12.5 Å². The highest BCUT2D eigenvalue weighted by molar-refractivity contribution is 5.94. The zero-order valence-corrected chi connectivity index (χ0v) is 9.89. The first-order chi connectivity index (χ1) is 7.56. The van der Waals surface area contributed by atoms with Gasteiger partial charge in [0, 0.05) is 29.9 Å². The SMILES string of the molecule is C=C(/C=C\C)C(=C)NC1=C(C)C(=O)NCC1. The summed E-state index contributed by atoms with van der Waals surface area (Å²) >= 11 is 0. The average Bonchev–Trinajstić information content (AvgIpc) is 2.25. The van der Waals surface area contributed by atoms with Crippen molar-refractivity contribution in [3.8, 4) is 0 Å². The monoisotopic (exact) mass is 218 g/mol. The molecule has 1 rings (SSSR count). The van der Waals surface area contributed by atoms with Gasteiger partial charge in [0.1, 0.15) is 0 Å². The van der Waals surface area contributed by atoms with E-state index in [0.717, 1.165) is 29.0 Å². The summed E-state index contributed by atoms with van der Waals surface area (Å²) in [5.41, 5.74) is 3.22. The number of allylic oxidation sites excluding steroid dienone is 2. The lowest BCUT2D eigenvalue weighted by Crippen LogP contribution is -2.34. The highest BCUT2D eigenvalue weighted by Crippen LogP contribution is 2.14. The molecule has 0 fully saturated rings. The Hall–Kier alpha value is -1.77. The molecular formula is C13H18N2O. The molecule has 1 amide bonds. The Morgan fingerprint density at radius 3 is 2.81 bits per heavy atom. The van der Waals surface area contributed by atoms with Crippen LogP contribution in [0.25, 0.3) is 0 Å². The molecule has 0 saturated carbocycles. The molecular weight excluding hydrogens is 200 g/mol. The summed E-state index contributed by atoms with van der Waals surface area (Å²) in [5.74, 6) is -0.0156. The van der Waals surface area contributed by atoms with Gasteiger partial charge in [-0.25, -0.2) is 0 Å². The second-order valence-corrected chi connectivity index (χ2v) is 3.74. The van der Waals surface area contributed by atoms with Gasteiger partial charge in [-0.1, -0.05) is 25.3 Å². The number of nitrogens with one attached hydrogen (secondary N) is 2. The van der Waals surface area contributed by atoms with E-state index in [4.69, 9.17) is 0 Å². The average molecular weight is 218 g/mol. The van der Waals surface area contributed by atoms with Gasteiger partial charge in [-0.3, -0.25) is 4.79 Å². The van der Waals surface area contributed by atoms with Gasteiger partial charge in [0.25, 0.3) is 0 Å². The molecule has 86 valence electrons. The first kappa shape index (κ1) is 12.3. The van der Waals surface area contributed by atoms with Gasteiger partial charge in [-0.15, -0.1) is 0 Å². The molecule has 0 aromatic rings. The van der Waals surface area contributed by atoms with Crippen molar-refractivity contribution < 1.29 is 4.79 Å². The van der Waals surface area contributed by atoms with E-state index in [1.807, 2.05) is 26.0 Å². The summed E-state index contributed by atoms with van der Waals surface area (Å²) < 4.78 is 0. The lowest BCUT2D eigenvalue weighted by atomic mass is 10.1. The predicted molar refractivity (Wildman–Crippen MR) is 66.6 cm³/mol. The van der Waals surface area contributed by atoms with Crippen LogP contribution in [0.1, 0.15) is 20.3 Å². The molecule has 3 nitrogen and oxygen atoms in total. The first-order valence-corrected chi connectivity index (χ1v) is 5.32. The molecule has 0 aromatic heterocycles. The zero-order valence-electron chi connectivity index (χ0n) is 9.89. The van der Waals surface area contributed by atoms with Crippen molar-refractivity contribution in [3.05, 3.63) is 47.9 Å². The fourth-order valence-electron chi connectivity index (χ4n) is 1.48. The fraction of sp³-hybridized carbons (Fsp3) is 0.308. The molecule has 0 atom stereocenters. The van der Waals surface area contributed by atoms with Crippen LogP contribution in [-0.2, 0) is 4.79 Å². The Labute approximate surface area is 96.6 Å². The molecule has 0 aromatic carbocycles. The summed E-state index contributed by atoms with van der Waals surface area (Å²) in [6.07, 6.45) is 4.60. The Morgan fingerprint density at radius 1 is 1.50 bits per heavy atom. The minimum absolute atomic E-state index is 0.0156. The largest absolute Gasteiger partial charge is 0.358 e. The molecule has 0 radical (unpaired) electrons. The normalized spacial score (nSPS) is 16.2. The van der Waals surface area contributed by atoms with Crippen LogP contribution in [0.15, 0.2) is 47.9 Å². The predicted octanol–water partition coefficient (Wildman–Crippen LogP) is 2.02. The molecule has 1 heterocycles. The Morgan fingerprint density at radius 2 is 2.19 bits per heavy atom. The van der Waals surface area contributed by atoms with Gasteiger partial charge in [0.05, 0.1) is 0 Å². The number of carbonyl (C=O) groups is 1. The van der Waals surface area contributed by atoms with E-state index in [1.54, 1.807) is 0 Å². The summed E-state index contributed by atoms with van der Waals surface area (Å²) in [7, 11) is 0. The molecule has 2 N–H and O–H groups in total. The smallest absolute Gasteiger partial charge is 0.248 e. The number of hydrogen-bond acceptors (Lipinski definition) is 2. The maximum absolute atomic E-state index is 11.4.